The number of aryl methyl sites for hydroxylation is 1. The van der Waals surface area contributed by atoms with Gasteiger partial charge in [-0.25, -0.2) is 0 Å². The van der Waals surface area contributed by atoms with Gasteiger partial charge in [0.1, 0.15) is 0 Å². The largest absolute Gasteiger partial charge is 0.396 e. The molecule has 0 aliphatic heterocycles. The second-order valence-electron chi connectivity index (χ2n) is 4.73. The molecule has 0 heterocycles. The number of unbranched alkanes of at least 4 members (excludes halogenated alkanes) is 3. The molecule has 0 aliphatic carbocycles. The third kappa shape index (κ3) is 5.85. The molecule has 0 radical (unpaired) electrons. The molecule has 0 aromatic heterocycles. The number of aliphatic hydroxyl groups excluding tert-OH is 1. The fourth-order valence-electron chi connectivity index (χ4n) is 1.97. The summed E-state index contributed by atoms with van der Waals surface area (Å²) in [6.07, 6.45) is 4.47. The van der Waals surface area contributed by atoms with Crippen molar-refractivity contribution in [3.8, 4) is 0 Å². The van der Waals surface area contributed by atoms with E-state index in [1.165, 1.54) is 24.0 Å². The highest BCUT2D eigenvalue weighted by atomic mass is 16.2. The first-order chi connectivity index (χ1) is 8.24. The monoisotopic (exact) mass is 235 g/mol. The first-order valence-electron chi connectivity index (χ1n) is 6.65. The van der Waals surface area contributed by atoms with E-state index in [1.807, 2.05) is 0 Å². The van der Waals surface area contributed by atoms with E-state index in [0.29, 0.717) is 12.6 Å². The van der Waals surface area contributed by atoms with Gasteiger partial charge in [0.25, 0.3) is 0 Å². The van der Waals surface area contributed by atoms with Crippen molar-refractivity contribution in [2.45, 2.75) is 45.6 Å². The summed E-state index contributed by atoms with van der Waals surface area (Å²) in [5, 5.41) is 12.2. The lowest BCUT2D eigenvalue weighted by atomic mass is 10.1. The second-order valence-corrected chi connectivity index (χ2v) is 4.73. The quantitative estimate of drug-likeness (QED) is 0.678. The van der Waals surface area contributed by atoms with Crippen molar-refractivity contribution >= 4 is 0 Å². The minimum absolute atomic E-state index is 0.327. The molecule has 0 saturated heterocycles. The summed E-state index contributed by atoms with van der Waals surface area (Å²) in [6, 6.07) is 9.09. The van der Waals surface area contributed by atoms with Gasteiger partial charge in [0.15, 0.2) is 0 Å². The van der Waals surface area contributed by atoms with E-state index in [2.05, 4.69) is 43.4 Å². The van der Waals surface area contributed by atoms with Gasteiger partial charge in [-0.3, -0.25) is 0 Å². The lowest BCUT2D eigenvalue weighted by Gasteiger charge is -2.14. The Labute approximate surface area is 105 Å². The van der Waals surface area contributed by atoms with E-state index in [0.717, 1.165) is 19.4 Å². The number of benzene rings is 1. The first kappa shape index (κ1) is 14.2. The maximum Gasteiger partial charge on any atom is 0.0431 e. The van der Waals surface area contributed by atoms with E-state index in [9.17, 15) is 0 Å². The van der Waals surface area contributed by atoms with E-state index in [-0.39, 0.29) is 0 Å². The van der Waals surface area contributed by atoms with Gasteiger partial charge in [-0.15, -0.1) is 0 Å². The van der Waals surface area contributed by atoms with Crippen LogP contribution < -0.4 is 5.32 Å². The summed E-state index contributed by atoms with van der Waals surface area (Å²) in [6.45, 7) is 5.72. The smallest absolute Gasteiger partial charge is 0.0431 e. The summed E-state index contributed by atoms with van der Waals surface area (Å²) in [4.78, 5) is 0. The third-order valence-corrected chi connectivity index (χ3v) is 3.08. The van der Waals surface area contributed by atoms with Gasteiger partial charge < -0.3 is 10.4 Å². The van der Waals surface area contributed by atoms with Crippen molar-refractivity contribution in [1.82, 2.24) is 5.32 Å². The van der Waals surface area contributed by atoms with E-state index >= 15 is 0 Å². The average molecular weight is 235 g/mol. The number of hydrogen-bond acceptors (Lipinski definition) is 2. The van der Waals surface area contributed by atoms with Gasteiger partial charge in [0.05, 0.1) is 0 Å². The molecule has 0 fully saturated rings. The first-order valence-corrected chi connectivity index (χ1v) is 6.65. The molecule has 0 amide bonds. The fourth-order valence-corrected chi connectivity index (χ4v) is 1.97. The molecule has 2 heteroatoms. The Kier molecular flexibility index (Phi) is 6.90. The predicted octanol–water partition coefficient (Wildman–Crippen LogP) is 3.20. The molecule has 96 valence electrons. The van der Waals surface area contributed by atoms with Gasteiger partial charge >= 0.3 is 0 Å². The van der Waals surface area contributed by atoms with Crippen LogP contribution in [0.25, 0.3) is 0 Å². The summed E-state index contributed by atoms with van der Waals surface area (Å²) >= 11 is 0. The van der Waals surface area contributed by atoms with Crippen molar-refractivity contribution in [1.29, 1.82) is 0 Å². The van der Waals surface area contributed by atoms with Gasteiger partial charge in [-0.05, 0) is 38.8 Å². The molecule has 0 spiro atoms. The van der Waals surface area contributed by atoms with Crippen LogP contribution in [0.3, 0.4) is 0 Å². The van der Waals surface area contributed by atoms with Crippen LogP contribution in [0.4, 0.5) is 0 Å². The van der Waals surface area contributed by atoms with Crippen LogP contribution in [-0.2, 0) is 0 Å². The lowest BCUT2D eigenvalue weighted by molar-refractivity contribution is 0.282. The average Bonchev–Trinajstić information content (AvgIpc) is 2.33. The minimum Gasteiger partial charge on any atom is -0.396 e. The highest BCUT2D eigenvalue weighted by Gasteiger charge is 2.03. The maximum absolute atomic E-state index is 8.67. The highest BCUT2D eigenvalue weighted by Crippen LogP contribution is 2.13. The maximum atomic E-state index is 8.67. The van der Waals surface area contributed by atoms with Crippen molar-refractivity contribution in [3.05, 3.63) is 35.4 Å². The van der Waals surface area contributed by atoms with Crippen molar-refractivity contribution in [2.75, 3.05) is 13.2 Å². The minimum atomic E-state index is 0.327. The molecule has 0 bridgehead atoms. The van der Waals surface area contributed by atoms with Gasteiger partial charge in [0.2, 0.25) is 0 Å². The Morgan fingerprint density at radius 2 is 1.94 bits per heavy atom. The molecule has 0 unspecified atom stereocenters. The number of aliphatic hydroxyl groups is 1. The Hall–Kier alpha value is -0.860. The number of nitrogens with one attached hydrogen (secondary N) is 1. The molecule has 1 aromatic carbocycles. The zero-order valence-corrected chi connectivity index (χ0v) is 11.1. The number of rotatable bonds is 8. The predicted molar refractivity (Wildman–Crippen MR) is 73.2 cm³/mol. The number of hydrogen-bond donors (Lipinski definition) is 2. The van der Waals surface area contributed by atoms with E-state index in [4.69, 9.17) is 5.11 Å². The summed E-state index contributed by atoms with van der Waals surface area (Å²) in [7, 11) is 0. The van der Waals surface area contributed by atoms with E-state index < -0.39 is 0 Å². The van der Waals surface area contributed by atoms with Crippen LogP contribution in [0, 0.1) is 6.92 Å². The lowest BCUT2D eigenvalue weighted by Crippen LogP contribution is -2.19. The molecule has 1 atom stereocenters. The molecular formula is C15H25NO. The topological polar surface area (TPSA) is 32.3 Å². The second kappa shape index (κ2) is 8.26. The van der Waals surface area contributed by atoms with Crippen molar-refractivity contribution in [3.63, 3.8) is 0 Å². The molecule has 1 aromatic rings. The summed E-state index contributed by atoms with van der Waals surface area (Å²) in [5.41, 5.74) is 2.68. The Balaban J connectivity index is 2.19. The van der Waals surface area contributed by atoms with Gasteiger partial charge in [-0.1, -0.05) is 42.7 Å². The van der Waals surface area contributed by atoms with Crippen LogP contribution in [0.2, 0.25) is 0 Å². The molecule has 0 saturated carbocycles. The van der Waals surface area contributed by atoms with Crippen molar-refractivity contribution in [2.24, 2.45) is 0 Å². The summed E-state index contributed by atoms with van der Waals surface area (Å²) < 4.78 is 0. The van der Waals surface area contributed by atoms with Crippen LogP contribution >= 0.6 is 0 Å². The molecule has 2 N–H and O–H groups in total. The van der Waals surface area contributed by atoms with Crippen molar-refractivity contribution < 1.29 is 5.11 Å². The van der Waals surface area contributed by atoms with Crippen LogP contribution in [-0.4, -0.2) is 18.3 Å². The third-order valence-electron chi connectivity index (χ3n) is 3.08. The Morgan fingerprint density at radius 1 is 1.18 bits per heavy atom. The molecule has 2 nitrogen and oxygen atoms in total. The Morgan fingerprint density at radius 3 is 2.65 bits per heavy atom. The Bertz CT molecular complexity index is 312. The normalized spacial score (nSPS) is 12.6. The molecule has 0 aliphatic rings. The molecule has 1 rings (SSSR count). The fraction of sp³-hybridized carbons (Fsp3) is 0.600. The van der Waals surface area contributed by atoms with Crippen LogP contribution in [0.5, 0.6) is 0 Å². The highest BCUT2D eigenvalue weighted by molar-refractivity contribution is 5.24. The van der Waals surface area contributed by atoms with Gasteiger partial charge in [0, 0.05) is 12.6 Å². The SMILES string of the molecule is Cc1cccc([C@H](C)NCCCCCCO)c1. The standard InChI is InChI=1S/C15H25NO/c1-13-8-7-9-15(12-13)14(2)16-10-5-3-4-6-11-17/h7-9,12,14,16-17H,3-6,10-11H2,1-2H3/t14-/m0/s1. The van der Waals surface area contributed by atoms with E-state index in [1.54, 1.807) is 0 Å². The van der Waals surface area contributed by atoms with Gasteiger partial charge in [-0.2, -0.15) is 0 Å². The zero-order chi connectivity index (χ0) is 12.5. The zero-order valence-electron chi connectivity index (χ0n) is 11.1. The van der Waals surface area contributed by atoms with Crippen LogP contribution in [0.15, 0.2) is 24.3 Å². The van der Waals surface area contributed by atoms with Crippen LogP contribution in [0.1, 0.15) is 49.8 Å². The molecular weight excluding hydrogens is 210 g/mol. The summed E-state index contributed by atoms with van der Waals surface area (Å²) in [5.74, 6) is 0. The molecule has 17 heavy (non-hydrogen) atoms.